The second-order valence-electron chi connectivity index (χ2n) is 5.94. The van der Waals surface area contributed by atoms with Crippen molar-refractivity contribution in [1.29, 1.82) is 0 Å². The molecule has 1 atom stereocenters. The first-order valence-electron chi connectivity index (χ1n) is 7.78. The van der Waals surface area contributed by atoms with Gasteiger partial charge in [-0.15, -0.1) is 0 Å². The van der Waals surface area contributed by atoms with E-state index in [2.05, 4.69) is 9.64 Å². The molecule has 1 aliphatic rings. The van der Waals surface area contributed by atoms with Crippen molar-refractivity contribution in [3.8, 4) is 0 Å². The number of piperazine rings is 1. The van der Waals surface area contributed by atoms with Gasteiger partial charge in [0.1, 0.15) is 5.82 Å². The fraction of sp³-hybridized carbons (Fsp3) is 0.529. The van der Waals surface area contributed by atoms with Crippen LogP contribution in [0.5, 0.6) is 0 Å². The molecule has 0 aliphatic carbocycles. The van der Waals surface area contributed by atoms with Crippen LogP contribution in [0.3, 0.4) is 0 Å². The zero-order valence-corrected chi connectivity index (χ0v) is 13.8. The third-order valence-corrected chi connectivity index (χ3v) is 4.24. The van der Waals surface area contributed by atoms with Crippen molar-refractivity contribution in [2.45, 2.75) is 26.3 Å². The maximum absolute atomic E-state index is 13.3. The number of esters is 1. The first-order chi connectivity index (χ1) is 10.9. The maximum Gasteiger partial charge on any atom is 0.306 e. The van der Waals surface area contributed by atoms with Crippen LogP contribution in [0.15, 0.2) is 18.2 Å². The first kappa shape index (κ1) is 17.4. The van der Waals surface area contributed by atoms with Crippen LogP contribution < -0.4 is 0 Å². The van der Waals surface area contributed by atoms with Gasteiger partial charge in [-0.05, 0) is 37.6 Å². The minimum absolute atomic E-state index is 0.0410. The molecule has 0 saturated carbocycles. The van der Waals surface area contributed by atoms with Crippen LogP contribution in [0.25, 0.3) is 0 Å². The van der Waals surface area contributed by atoms with Crippen LogP contribution in [-0.2, 0) is 9.53 Å². The lowest BCUT2D eigenvalue weighted by atomic mass is 10.1. The molecule has 0 N–H and O–H groups in total. The van der Waals surface area contributed by atoms with Gasteiger partial charge in [0.15, 0.2) is 0 Å². The number of carbonyl (C=O) groups excluding carboxylic acids is 2. The summed E-state index contributed by atoms with van der Waals surface area (Å²) >= 11 is 0. The Hall–Kier alpha value is -1.95. The summed E-state index contributed by atoms with van der Waals surface area (Å²) in [6.45, 7) is 6.29. The van der Waals surface area contributed by atoms with Gasteiger partial charge in [-0.1, -0.05) is 0 Å². The second kappa shape index (κ2) is 7.55. The van der Waals surface area contributed by atoms with Crippen LogP contribution in [0, 0.1) is 12.7 Å². The average Bonchev–Trinajstić information content (AvgIpc) is 2.54. The Balaban J connectivity index is 1.96. The number of ether oxygens (including phenoxy) is 1. The molecule has 2 rings (SSSR count). The maximum atomic E-state index is 13.3. The van der Waals surface area contributed by atoms with E-state index in [1.165, 1.54) is 19.2 Å². The van der Waals surface area contributed by atoms with Gasteiger partial charge in [0.25, 0.3) is 5.91 Å². The van der Waals surface area contributed by atoms with Gasteiger partial charge in [0.05, 0.1) is 13.5 Å². The van der Waals surface area contributed by atoms with Crippen molar-refractivity contribution in [3.63, 3.8) is 0 Å². The number of amides is 1. The lowest BCUT2D eigenvalue weighted by molar-refractivity contribution is -0.141. The van der Waals surface area contributed by atoms with E-state index >= 15 is 0 Å². The second-order valence-corrected chi connectivity index (χ2v) is 5.94. The molecule has 0 bridgehead atoms. The van der Waals surface area contributed by atoms with Crippen molar-refractivity contribution >= 4 is 11.9 Å². The molecule has 0 aromatic heterocycles. The standard InChI is InChI=1S/C17H23FN2O3/c1-12-10-14(4-5-15(12)18)17(22)20-9-8-19(11-13(20)2)7-6-16(21)23-3/h4-5,10,13H,6-9,11H2,1-3H3/t13-/m0/s1. The van der Waals surface area contributed by atoms with E-state index in [1.54, 1.807) is 17.9 Å². The number of methoxy groups -OCH3 is 1. The van der Waals surface area contributed by atoms with Crippen LogP contribution >= 0.6 is 0 Å². The number of nitrogens with zero attached hydrogens (tertiary/aromatic N) is 2. The molecule has 0 radical (unpaired) electrons. The zero-order chi connectivity index (χ0) is 17.0. The number of hydrogen-bond acceptors (Lipinski definition) is 4. The fourth-order valence-corrected chi connectivity index (χ4v) is 2.83. The molecule has 1 aromatic rings. The molecular weight excluding hydrogens is 299 g/mol. The Morgan fingerprint density at radius 2 is 2.09 bits per heavy atom. The number of aryl methyl sites for hydroxylation is 1. The summed E-state index contributed by atoms with van der Waals surface area (Å²) in [7, 11) is 1.38. The highest BCUT2D eigenvalue weighted by Gasteiger charge is 2.28. The third-order valence-electron chi connectivity index (χ3n) is 4.24. The van der Waals surface area contributed by atoms with Crippen LogP contribution in [0.1, 0.15) is 29.3 Å². The fourth-order valence-electron chi connectivity index (χ4n) is 2.83. The average molecular weight is 322 g/mol. The molecule has 1 heterocycles. The number of rotatable bonds is 4. The monoisotopic (exact) mass is 322 g/mol. The normalized spacial score (nSPS) is 18.8. The minimum atomic E-state index is -0.303. The molecule has 0 spiro atoms. The van der Waals surface area contributed by atoms with Crippen LogP contribution in [0.2, 0.25) is 0 Å². The van der Waals surface area contributed by atoms with E-state index in [0.717, 1.165) is 0 Å². The predicted octanol–water partition coefficient (Wildman–Crippen LogP) is 1.84. The SMILES string of the molecule is COC(=O)CCN1CCN(C(=O)c2ccc(F)c(C)c2)[C@@H](C)C1. The smallest absolute Gasteiger partial charge is 0.306 e. The Morgan fingerprint density at radius 1 is 1.35 bits per heavy atom. The van der Waals surface area contributed by atoms with E-state index in [1.807, 2.05) is 6.92 Å². The van der Waals surface area contributed by atoms with E-state index in [-0.39, 0.29) is 23.7 Å². The molecule has 6 heteroatoms. The Bertz CT molecular complexity index is 591. The molecule has 1 saturated heterocycles. The van der Waals surface area contributed by atoms with Crippen LogP contribution in [0.4, 0.5) is 4.39 Å². The summed E-state index contributed by atoms with van der Waals surface area (Å²) in [4.78, 5) is 27.8. The molecule has 1 aromatic carbocycles. The Kier molecular flexibility index (Phi) is 5.71. The van der Waals surface area contributed by atoms with Gasteiger partial charge in [0.2, 0.25) is 0 Å². The van der Waals surface area contributed by atoms with E-state index in [0.29, 0.717) is 43.7 Å². The van der Waals surface area contributed by atoms with E-state index < -0.39 is 0 Å². The van der Waals surface area contributed by atoms with Gasteiger partial charge in [0, 0.05) is 37.8 Å². The number of halogens is 1. The van der Waals surface area contributed by atoms with Crippen molar-refractivity contribution in [2.24, 2.45) is 0 Å². The van der Waals surface area contributed by atoms with E-state index in [9.17, 15) is 14.0 Å². The summed E-state index contributed by atoms with van der Waals surface area (Å²) in [5, 5.41) is 0. The molecule has 1 amide bonds. The lowest BCUT2D eigenvalue weighted by Gasteiger charge is -2.39. The van der Waals surface area contributed by atoms with E-state index in [4.69, 9.17) is 0 Å². The summed E-state index contributed by atoms with van der Waals surface area (Å²) < 4.78 is 18.0. The minimum Gasteiger partial charge on any atom is -0.469 e. The highest BCUT2D eigenvalue weighted by molar-refractivity contribution is 5.94. The topological polar surface area (TPSA) is 49.9 Å². The highest BCUT2D eigenvalue weighted by atomic mass is 19.1. The third kappa shape index (κ3) is 4.28. The number of carbonyl (C=O) groups is 2. The van der Waals surface area contributed by atoms with Gasteiger partial charge in [-0.3, -0.25) is 14.5 Å². The highest BCUT2D eigenvalue weighted by Crippen LogP contribution is 2.16. The Morgan fingerprint density at radius 3 is 2.70 bits per heavy atom. The molecular formula is C17H23FN2O3. The van der Waals surface area contributed by atoms with Crippen molar-refractivity contribution in [1.82, 2.24) is 9.80 Å². The van der Waals surface area contributed by atoms with Crippen molar-refractivity contribution in [2.75, 3.05) is 33.3 Å². The molecule has 1 aliphatic heterocycles. The van der Waals surface area contributed by atoms with Gasteiger partial charge < -0.3 is 9.64 Å². The summed E-state index contributed by atoms with van der Waals surface area (Å²) in [5.74, 6) is -0.603. The largest absolute Gasteiger partial charge is 0.469 e. The lowest BCUT2D eigenvalue weighted by Crippen LogP contribution is -2.54. The summed E-state index contributed by atoms with van der Waals surface area (Å²) in [6, 6.07) is 4.49. The van der Waals surface area contributed by atoms with Crippen LogP contribution in [-0.4, -0.2) is 61.0 Å². The van der Waals surface area contributed by atoms with Crippen molar-refractivity contribution < 1.29 is 18.7 Å². The van der Waals surface area contributed by atoms with Gasteiger partial charge in [-0.25, -0.2) is 4.39 Å². The molecule has 126 valence electrons. The Labute approximate surface area is 136 Å². The van der Waals surface area contributed by atoms with Crippen molar-refractivity contribution in [3.05, 3.63) is 35.1 Å². The molecule has 23 heavy (non-hydrogen) atoms. The van der Waals surface area contributed by atoms with Gasteiger partial charge >= 0.3 is 5.97 Å². The number of benzene rings is 1. The molecule has 0 unspecified atom stereocenters. The summed E-state index contributed by atoms with van der Waals surface area (Å²) in [6.07, 6.45) is 0.355. The molecule has 1 fully saturated rings. The number of hydrogen-bond donors (Lipinski definition) is 0. The molecule has 5 nitrogen and oxygen atoms in total. The quantitative estimate of drug-likeness (QED) is 0.794. The summed E-state index contributed by atoms with van der Waals surface area (Å²) in [5.41, 5.74) is 0.985. The van der Waals surface area contributed by atoms with Gasteiger partial charge in [-0.2, -0.15) is 0 Å². The predicted molar refractivity (Wildman–Crippen MR) is 84.7 cm³/mol. The zero-order valence-electron chi connectivity index (χ0n) is 13.8. The first-order valence-corrected chi connectivity index (χ1v) is 7.78.